The molecule has 0 aliphatic rings. The third-order valence-corrected chi connectivity index (χ3v) is 3.38. The van der Waals surface area contributed by atoms with E-state index in [1.54, 1.807) is 0 Å². The van der Waals surface area contributed by atoms with Crippen LogP contribution in [0.1, 0.15) is 78.1 Å². The summed E-state index contributed by atoms with van der Waals surface area (Å²) in [7, 11) is 0. The van der Waals surface area contributed by atoms with Crippen molar-refractivity contribution in [3.05, 3.63) is 0 Å². The molecule has 0 saturated heterocycles. The maximum atomic E-state index is 5.49. The van der Waals surface area contributed by atoms with E-state index >= 15 is 0 Å². The fourth-order valence-corrected chi connectivity index (χ4v) is 2.18. The molecule has 0 aromatic carbocycles. The first kappa shape index (κ1) is 16.9. The zero-order valence-electron chi connectivity index (χ0n) is 12.1. The predicted octanol–water partition coefficient (Wildman–Crippen LogP) is 3.84. The van der Waals surface area contributed by atoms with E-state index in [9.17, 15) is 0 Å². The summed E-state index contributed by atoms with van der Waals surface area (Å²) in [6.07, 6.45) is 13.2. The Labute approximate surface area is 109 Å². The molecular formula is C15H34N2. The summed E-state index contributed by atoms with van der Waals surface area (Å²) in [5.41, 5.74) is 5.49. The van der Waals surface area contributed by atoms with Gasteiger partial charge in [0.15, 0.2) is 0 Å². The van der Waals surface area contributed by atoms with Crippen LogP contribution in [0, 0.1) is 0 Å². The van der Waals surface area contributed by atoms with Crippen molar-refractivity contribution >= 4 is 0 Å². The largest absolute Gasteiger partial charge is 0.330 e. The second-order valence-corrected chi connectivity index (χ2v) is 5.14. The minimum absolute atomic E-state index is 0.768. The molecule has 0 spiro atoms. The Morgan fingerprint density at radius 2 is 1.41 bits per heavy atom. The first-order chi connectivity index (χ1) is 8.35. The third kappa shape index (κ3) is 12.2. The Balaban J connectivity index is 3.45. The number of nitrogens with two attached hydrogens (primary N) is 1. The topological polar surface area (TPSA) is 38.0 Å². The lowest BCUT2D eigenvalue weighted by Crippen LogP contribution is -2.30. The van der Waals surface area contributed by atoms with Crippen LogP contribution < -0.4 is 11.1 Å². The molecule has 0 aromatic rings. The highest BCUT2D eigenvalue weighted by molar-refractivity contribution is 4.66. The van der Waals surface area contributed by atoms with Gasteiger partial charge in [-0.1, -0.05) is 52.4 Å². The average Bonchev–Trinajstić information content (AvgIpc) is 2.35. The van der Waals surface area contributed by atoms with E-state index in [0.29, 0.717) is 0 Å². The van der Waals surface area contributed by atoms with E-state index in [1.807, 2.05) is 0 Å². The lowest BCUT2D eigenvalue weighted by Gasteiger charge is -2.18. The molecule has 0 aliphatic heterocycles. The highest BCUT2D eigenvalue weighted by Crippen LogP contribution is 2.09. The summed E-state index contributed by atoms with van der Waals surface area (Å²) in [5.74, 6) is 0. The second-order valence-electron chi connectivity index (χ2n) is 5.14. The Hall–Kier alpha value is -0.0800. The fourth-order valence-electron chi connectivity index (χ4n) is 2.18. The van der Waals surface area contributed by atoms with E-state index in [0.717, 1.165) is 12.6 Å². The van der Waals surface area contributed by atoms with Crippen LogP contribution in [0.25, 0.3) is 0 Å². The van der Waals surface area contributed by atoms with Gasteiger partial charge in [0, 0.05) is 6.04 Å². The van der Waals surface area contributed by atoms with Gasteiger partial charge in [0.2, 0.25) is 0 Å². The molecule has 0 aliphatic carbocycles. The van der Waals surface area contributed by atoms with Gasteiger partial charge in [-0.25, -0.2) is 0 Å². The zero-order chi connectivity index (χ0) is 12.8. The number of unbranched alkanes of at least 4 members (excludes halogenated alkanes) is 5. The summed E-state index contributed by atoms with van der Waals surface area (Å²) in [6.45, 7) is 6.61. The summed E-state index contributed by atoms with van der Waals surface area (Å²) in [5, 5.41) is 3.74. The Bertz CT molecular complexity index is 129. The molecule has 3 N–H and O–H groups in total. The van der Waals surface area contributed by atoms with Gasteiger partial charge in [0.1, 0.15) is 0 Å². The molecule has 0 rings (SSSR count). The lowest BCUT2D eigenvalue weighted by molar-refractivity contribution is 0.419. The van der Waals surface area contributed by atoms with Crippen LogP contribution in [0.5, 0.6) is 0 Å². The second kappa shape index (κ2) is 14.0. The van der Waals surface area contributed by atoms with Crippen molar-refractivity contribution in [2.24, 2.45) is 5.73 Å². The molecule has 0 atom stereocenters. The van der Waals surface area contributed by atoms with E-state index in [4.69, 9.17) is 5.73 Å². The van der Waals surface area contributed by atoms with Crippen LogP contribution in [-0.2, 0) is 0 Å². The van der Waals surface area contributed by atoms with E-state index < -0.39 is 0 Å². The van der Waals surface area contributed by atoms with Crippen molar-refractivity contribution in [1.29, 1.82) is 0 Å². The normalized spacial score (nSPS) is 11.3. The minimum Gasteiger partial charge on any atom is -0.330 e. The molecule has 2 nitrogen and oxygen atoms in total. The molecule has 2 heteroatoms. The average molecular weight is 242 g/mol. The van der Waals surface area contributed by atoms with Crippen LogP contribution in [0.15, 0.2) is 0 Å². The van der Waals surface area contributed by atoms with Gasteiger partial charge in [-0.05, 0) is 38.8 Å². The quantitative estimate of drug-likeness (QED) is 0.482. The Morgan fingerprint density at radius 1 is 0.824 bits per heavy atom. The van der Waals surface area contributed by atoms with Crippen LogP contribution in [0.2, 0.25) is 0 Å². The Kier molecular flexibility index (Phi) is 13.9. The fraction of sp³-hybridized carbons (Fsp3) is 1.00. The van der Waals surface area contributed by atoms with Crippen molar-refractivity contribution < 1.29 is 0 Å². The van der Waals surface area contributed by atoms with Gasteiger partial charge in [0.25, 0.3) is 0 Å². The van der Waals surface area contributed by atoms with Crippen molar-refractivity contribution in [2.45, 2.75) is 84.1 Å². The number of hydrogen-bond acceptors (Lipinski definition) is 2. The molecule has 17 heavy (non-hydrogen) atoms. The predicted molar refractivity (Wildman–Crippen MR) is 78.4 cm³/mol. The zero-order valence-corrected chi connectivity index (χ0v) is 12.1. The van der Waals surface area contributed by atoms with Gasteiger partial charge in [0.05, 0.1) is 0 Å². The number of rotatable bonds is 13. The van der Waals surface area contributed by atoms with Crippen LogP contribution in [0.3, 0.4) is 0 Å². The first-order valence-corrected chi connectivity index (χ1v) is 7.78. The van der Waals surface area contributed by atoms with Crippen molar-refractivity contribution in [3.63, 3.8) is 0 Å². The molecule has 0 radical (unpaired) electrons. The summed E-state index contributed by atoms with van der Waals surface area (Å²) >= 11 is 0. The van der Waals surface area contributed by atoms with Crippen LogP contribution >= 0.6 is 0 Å². The monoisotopic (exact) mass is 242 g/mol. The summed E-state index contributed by atoms with van der Waals surface area (Å²) < 4.78 is 0. The van der Waals surface area contributed by atoms with Gasteiger partial charge in [-0.15, -0.1) is 0 Å². The number of hydrogen-bond donors (Lipinski definition) is 2. The molecule has 0 saturated carbocycles. The highest BCUT2D eigenvalue weighted by Gasteiger charge is 2.06. The lowest BCUT2D eigenvalue weighted by atomic mass is 10.0. The third-order valence-electron chi connectivity index (χ3n) is 3.38. The molecule has 104 valence electrons. The van der Waals surface area contributed by atoms with E-state index in [2.05, 4.69) is 19.2 Å². The van der Waals surface area contributed by atoms with E-state index in [1.165, 1.54) is 70.8 Å². The molecular weight excluding hydrogens is 208 g/mol. The van der Waals surface area contributed by atoms with Crippen LogP contribution in [0.4, 0.5) is 0 Å². The SMILES string of the molecule is CCCCC(CCCC)NCCCCCCN. The highest BCUT2D eigenvalue weighted by atomic mass is 14.9. The molecule has 0 unspecified atom stereocenters. The van der Waals surface area contributed by atoms with Gasteiger partial charge in [-0.2, -0.15) is 0 Å². The molecule has 0 fully saturated rings. The molecule has 0 heterocycles. The van der Waals surface area contributed by atoms with Crippen molar-refractivity contribution in [3.8, 4) is 0 Å². The summed E-state index contributed by atoms with van der Waals surface area (Å²) in [6, 6.07) is 0.768. The summed E-state index contributed by atoms with van der Waals surface area (Å²) in [4.78, 5) is 0. The minimum atomic E-state index is 0.768. The molecule has 0 amide bonds. The van der Waals surface area contributed by atoms with Crippen LogP contribution in [-0.4, -0.2) is 19.1 Å². The van der Waals surface area contributed by atoms with Gasteiger partial charge in [-0.3, -0.25) is 0 Å². The van der Waals surface area contributed by atoms with E-state index in [-0.39, 0.29) is 0 Å². The van der Waals surface area contributed by atoms with Gasteiger partial charge >= 0.3 is 0 Å². The maximum absolute atomic E-state index is 5.49. The smallest absolute Gasteiger partial charge is 0.00670 e. The molecule has 0 aromatic heterocycles. The Morgan fingerprint density at radius 3 is 1.94 bits per heavy atom. The maximum Gasteiger partial charge on any atom is 0.00670 e. The van der Waals surface area contributed by atoms with Crippen molar-refractivity contribution in [1.82, 2.24) is 5.32 Å². The number of nitrogens with one attached hydrogen (secondary N) is 1. The van der Waals surface area contributed by atoms with Crippen molar-refractivity contribution in [2.75, 3.05) is 13.1 Å². The standard InChI is InChI=1S/C15H34N2/c1-3-5-11-15(12-6-4-2)17-14-10-8-7-9-13-16/h15,17H,3-14,16H2,1-2H3. The van der Waals surface area contributed by atoms with Gasteiger partial charge < -0.3 is 11.1 Å². The molecule has 0 bridgehead atoms. The first-order valence-electron chi connectivity index (χ1n) is 7.78.